The Hall–Kier alpha value is -3.93. The van der Waals surface area contributed by atoms with E-state index < -0.39 is 26.7 Å². The summed E-state index contributed by atoms with van der Waals surface area (Å²) in [4.78, 5) is 12.2. The van der Waals surface area contributed by atoms with E-state index in [-0.39, 0.29) is 18.1 Å². The number of nitrogens with zero attached hydrogens (tertiary/aromatic N) is 6. The van der Waals surface area contributed by atoms with E-state index in [4.69, 9.17) is 9.47 Å². The van der Waals surface area contributed by atoms with Crippen molar-refractivity contribution in [2.24, 2.45) is 0 Å². The van der Waals surface area contributed by atoms with Crippen molar-refractivity contribution in [1.82, 2.24) is 29.7 Å². The summed E-state index contributed by atoms with van der Waals surface area (Å²) < 4.78 is 52.6. The number of para-hydroxylation sites is 1. The lowest BCUT2D eigenvalue weighted by Crippen LogP contribution is -2.24. The standard InChI is InChI=1S/C24H25FN6O4S/c1-15-8-9-26-18(10-15)24-30-29-22(31(24)23-19(34-3)6-5-7-20(23)35-4)14-36(32,33)16(2)11-21-27-12-17(25)13-28-21/h5-10,12-13,16H,11,14H2,1-4H3/t16-/m0/s1. The van der Waals surface area contributed by atoms with E-state index in [0.29, 0.717) is 28.7 Å². The second-order valence-corrected chi connectivity index (χ2v) is 10.6. The predicted molar refractivity (Wildman–Crippen MR) is 130 cm³/mol. The Morgan fingerprint density at radius 1 is 1.03 bits per heavy atom. The molecule has 0 bridgehead atoms. The van der Waals surface area contributed by atoms with Gasteiger partial charge < -0.3 is 9.47 Å². The van der Waals surface area contributed by atoms with Crippen molar-refractivity contribution in [2.45, 2.75) is 31.3 Å². The van der Waals surface area contributed by atoms with Gasteiger partial charge >= 0.3 is 0 Å². The summed E-state index contributed by atoms with van der Waals surface area (Å²) in [5, 5.41) is 7.67. The summed E-state index contributed by atoms with van der Waals surface area (Å²) in [5.41, 5.74) is 1.90. The Labute approximate surface area is 208 Å². The van der Waals surface area contributed by atoms with Crippen LogP contribution >= 0.6 is 0 Å². The molecule has 188 valence electrons. The summed E-state index contributed by atoms with van der Waals surface area (Å²) >= 11 is 0. The van der Waals surface area contributed by atoms with Crippen molar-refractivity contribution in [2.75, 3.05) is 14.2 Å². The molecule has 0 spiro atoms. The number of aryl methyl sites for hydroxylation is 1. The number of sulfone groups is 1. The molecule has 10 nitrogen and oxygen atoms in total. The number of hydrogen-bond acceptors (Lipinski definition) is 9. The lowest BCUT2D eigenvalue weighted by molar-refractivity contribution is 0.390. The van der Waals surface area contributed by atoms with Gasteiger partial charge in [-0.2, -0.15) is 0 Å². The molecule has 0 aliphatic heterocycles. The fourth-order valence-electron chi connectivity index (χ4n) is 3.67. The largest absolute Gasteiger partial charge is 0.494 e. The van der Waals surface area contributed by atoms with Crippen LogP contribution in [-0.4, -0.2) is 57.6 Å². The molecular weight excluding hydrogens is 487 g/mol. The zero-order chi connectivity index (χ0) is 25.9. The second-order valence-electron chi connectivity index (χ2n) is 8.14. The van der Waals surface area contributed by atoms with Crippen LogP contribution in [0.1, 0.15) is 24.1 Å². The molecule has 1 aromatic carbocycles. The zero-order valence-electron chi connectivity index (χ0n) is 20.2. The number of hydrogen-bond donors (Lipinski definition) is 0. The van der Waals surface area contributed by atoms with Gasteiger partial charge in [-0.3, -0.25) is 9.55 Å². The number of ether oxygens (including phenoxy) is 2. The highest BCUT2D eigenvalue weighted by atomic mass is 32.2. The molecule has 0 radical (unpaired) electrons. The van der Waals surface area contributed by atoms with Gasteiger partial charge in [-0.15, -0.1) is 10.2 Å². The lowest BCUT2D eigenvalue weighted by atomic mass is 10.2. The monoisotopic (exact) mass is 512 g/mol. The van der Waals surface area contributed by atoms with Gasteiger partial charge in [0.05, 0.1) is 31.9 Å². The van der Waals surface area contributed by atoms with E-state index in [1.165, 1.54) is 14.2 Å². The summed E-state index contributed by atoms with van der Waals surface area (Å²) in [7, 11) is -0.751. The van der Waals surface area contributed by atoms with Crippen molar-refractivity contribution in [3.63, 3.8) is 0 Å². The number of rotatable bonds is 9. The van der Waals surface area contributed by atoms with E-state index in [1.54, 1.807) is 35.9 Å². The van der Waals surface area contributed by atoms with Crippen molar-refractivity contribution in [3.05, 3.63) is 72.0 Å². The van der Waals surface area contributed by atoms with E-state index >= 15 is 0 Å². The first-order valence-corrected chi connectivity index (χ1v) is 12.7. The maximum absolute atomic E-state index is 13.4. The third-order valence-corrected chi connectivity index (χ3v) is 7.64. The molecule has 0 amide bonds. The van der Waals surface area contributed by atoms with E-state index in [9.17, 15) is 12.8 Å². The molecule has 0 unspecified atom stereocenters. The minimum atomic E-state index is -3.77. The van der Waals surface area contributed by atoms with Crippen LogP contribution in [0.4, 0.5) is 4.39 Å². The maximum Gasteiger partial charge on any atom is 0.187 e. The molecule has 0 saturated heterocycles. The van der Waals surface area contributed by atoms with E-state index in [0.717, 1.165) is 18.0 Å². The van der Waals surface area contributed by atoms with Crippen LogP contribution in [-0.2, 0) is 22.0 Å². The zero-order valence-corrected chi connectivity index (χ0v) is 21.0. The van der Waals surface area contributed by atoms with Crippen molar-refractivity contribution < 1.29 is 22.3 Å². The van der Waals surface area contributed by atoms with Crippen LogP contribution in [0.2, 0.25) is 0 Å². The topological polar surface area (TPSA) is 122 Å². The van der Waals surface area contributed by atoms with Crippen molar-refractivity contribution in [3.8, 4) is 28.7 Å². The molecule has 36 heavy (non-hydrogen) atoms. The molecule has 12 heteroatoms. The van der Waals surface area contributed by atoms with Crippen molar-refractivity contribution >= 4 is 9.84 Å². The summed E-state index contributed by atoms with van der Waals surface area (Å²) in [6, 6.07) is 8.90. The third-order valence-electron chi connectivity index (χ3n) is 5.59. The Morgan fingerprint density at radius 3 is 2.31 bits per heavy atom. The second kappa shape index (κ2) is 10.4. The normalized spacial score (nSPS) is 12.4. The minimum absolute atomic E-state index is 0.0149. The molecule has 0 N–H and O–H groups in total. The summed E-state index contributed by atoms with van der Waals surface area (Å²) in [5.74, 6) is 0.568. The van der Waals surface area contributed by atoms with Crippen LogP contribution in [0, 0.1) is 12.7 Å². The van der Waals surface area contributed by atoms with Crippen LogP contribution in [0.15, 0.2) is 48.9 Å². The Balaban J connectivity index is 1.81. The number of benzene rings is 1. The highest BCUT2D eigenvalue weighted by Gasteiger charge is 2.29. The first-order valence-electron chi connectivity index (χ1n) is 11.0. The predicted octanol–water partition coefficient (Wildman–Crippen LogP) is 3.13. The average Bonchev–Trinajstić information content (AvgIpc) is 3.27. The van der Waals surface area contributed by atoms with Gasteiger partial charge in [0.1, 0.15) is 34.5 Å². The first-order chi connectivity index (χ1) is 17.2. The summed E-state index contributed by atoms with van der Waals surface area (Å²) in [6.45, 7) is 3.47. The molecule has 0 aliphatic rings. The molecule has 1 atom stereocenters. The molecule has 3 heterocycles. The lowest BCUT2D eigenvalue weighted by Gasteiger charge is -2.18. The Morgan fingerprint density at radius 2 is 1.69 bits per heavy atom. The number of pyridine rings is 1. The van der Waals surface area contributed by atoms with Gasteiger partial charge in [-0.1, -0.05) is 6.07 Å². The fourth-order valence-corrected chi connectivity index (χ4v) is 4.91. The molecule has 0 fully saturated rings. The molecule has 4 aromatic rings. The maximum atomic E-state index is 13.4. The minimum Gasteiger partial charge on any atom is -0.494 e. The van der Waals surface area contributed by atoms with Gasteiger partial charge in [-0.05, 0) is 43.7 Å². The average molecular weight is 513 g/mol. The molecule has 4 rings (SSSR count). The smallest absolute Gasteiger partial charge is 0.187 e. The van der Waals surface area contributed by atoms with Crippen LogP contribution in [0.5, 0.6) is 11.5 Å². The molecule has 3 aromatic heterocycles. The number of aromatic nitrogens is 6. The van der Waals surface area contributed by atoms with Gasteiger partial charge in [0.25, 0.3) is 0 Å². The number of methoxy groups -OCH3 is 2. The fraction of sp³-hybridized carbons (Fsp3) is 0.292. The third kappa shape index (κ3) is 5.18. The van der Waals surface area contributed by atoms with Crippen LogP contribution in [0.25, 0.3) is 17.2 Å². The van der Waals surface area contributed by atoms with Gasteiger partial charge in [0.2, 0.25) is 0 Å². The first kappa shape index (κ1) is 25.2. The van der Waals surface area contributed by atoms with Crippen LogP contribution < -0.4 is 9.47 Å². The summed E-state index contributed by atoms with van der Waals surface area (Å²) in [6.07, 6.45) is 3.67. The Bertz CT molecular complexity index is 1450. The molecule has 0 saturated carbocycles. The van der Waals surface area contributed by atoms with E-state index in [1.807, 2.05) is 19.1 Å². The van der Waals surface area contributed by atoms with Crippen molar-refractivity contribution in [1.29, 1.82) is 0 Å². The number of halogens is 1. The highest BCUT2D eigenvalue weighted by molar-refractivity contribution is 7.91. The molecule has 0 aliphatic carbocycles. The van der Waals surface area contributed by atoms with Gasteiger partial charge in [-0.25, -0.2) is 22.8 Å². The SMILES string of the molecule is COc1cccc(OC)c1-n1c(CS(=O)(=O)[C@@H](C)Cc2ncc(F)cn2)nnc1-c1cc(C)ccn1. The van der Waals surface area contributed by atoms with Gasteiger partial charge in [0.15, 0.2) is 27.3 Å². The van der Waals surface area contributed by atoms with Crippen LogP contribution in [0.3, 0.4) is 0 Å². The molecular formula is C24H25FN6O4S. The Kier molecular flexibility index (Phi) is 7.25. The van der Waals surface area contributed by atoms with E-state index in [2.05, 4.69) is 25.1 Å². The highest BCUT2D eigenvalue weighted by Crippen LogP contribution is 2.36. The quantitative estimate of drug-likeness (QED) is 0.333. The van der Waals surface area contributed by atoms with Gasteiger partial charge in [0, 0.05) is 12.6 Å².